The fourth-order valence-corrected chi connectivity index (χ4v) is 12.5. The van der Waals surface area contributed by atoms with Gasteiger partial charge in [-0.2, -0.15) is 0 Å². The number of rotatable bonds is 7. The zero-order valence-electron chi connectivity index (χ0n) is 36.9. The van der Waals surface area contributed by atoms with Gasteiger partial charge in [0.05, 0.1) is 11.1 Å². The smallest absolute Gasteiger partial charge is 0.143 e. The number of nitrogens with zero attached hydrogens (tertiary/aromatic N) is 1. The van der Waals surface area contributed by atoms with Crippen LogP contribution in [-0.4, -0.2) is 0 Å². The first-order valence-electron chi connectivity index (χ1n) is 23.3. The highest BCUT2D eigenvalue weighted by atomic mass is 32.1. The van der Waals surface area contributed by atoms with E-state index in [-0.39, 0.29) is 0 Å². The van der Waals surface area contributed by atoms with Crippen LogP contribution < -0.4 is 4.90 Å². The van der Waals surface area contributed by atoms with Crippen molar-refractivity contribution in [1.29, 1.82) is 0 Å². The first kappa shape index (κ1) is 38.7. The molecule has 0 fully saturated rings. The Labute approximate surface area is 398 Å². The monoisotopic (exact) mass is 883 g/mol. The lowest BCUT2D eigenvalue weighted by Crippen LogP contribution is -2.28. The summed E-state index contributed by atoms with van der Waals surface area (Å²) in [5, 5.41) is 7.14. The van der Waals surface area contributed by atoms with E-state index in [9.17, 15) is 0 Å². The maximum absolute atomic E-state index is 6.77. The van der Waals surface area contributed by atoms with E-state index in [0.29, 0.717) is 0 Å². The molecule has 1 aliphatic rings. The largest absolute Gasteiger partial charge is 0.455 e. The van der Waals surface area contributed by atoms with Gasteiger partial charge in [0.1, 0.15) is 11.2 Å². The van der Waals surface area contributed by atoms with Crippen LogP contribution >= 0.6 is 11.3 Å². The molecule has 68 heavy (non-hydrogen) atoms. The molecule has 2 heterocycles. The molecule has 0 saturated heterocycles. The molecule has 3 heteroatoms. The van der Waals surface area contributed by atoms with E-state index in [1.165, 1.54) is 70.1 Å². The summed E-state index contributed by atoms with van der Waals surface area (Å²) in [6.07, 6.45) is 0. The normalized spacial score (nSPS) is 12.8. The minimum atomic E-state index is -0.547. The number of anilines is 3. The van der Waals surface area contributed by atoms with E-state index < -0.39 is 5.41 Å². The van der Waals surface area contributed by atoms with Crippen molar-refractivity contribution >= 4 is 81.3 Å². The summed E-state index contributed by atoms with van der Waals surface area (Å²) < 4.78 is 9.39. The lowest BCUT2D eigenvalue weighted by atomic mass is 9.67. The third kappa shape index (κ3) is 5.76. The number of thiophene rings is 1. The lowest BCUT2D eigenvalue weighted by molar-refractivity contribution is 0.673. The van der Waals surface area contributed by atoms with E-state index in [1.807, 2.05) is 11.3 Å². The van der Waals surface area contributed by atoms with E-state index in [0.717, 1.165) is 55.5 Å². The number of benzene rings is 11. The van der Waals surface area contributed by atoms with Crippen LogP contribution in [0.4, 0.5) is 17.1 Å². The third-order valence-electron chi connectivity index (χ3n) is 14.4. The zero-order chi connectivity index (χ0) is 44.8. The van der Waals surface area contributed by atoms with Crippen molar-refractivity contribution < 1.29 is 4.42 Å². The highest BCUT2D eigenvalue weighted by Gasteiger charge is 2.46. The van der Waals surface area contributed by atoms with Crippen LogP contribution in [0.15, 0.2) is 253 Å². The molecule has 0 radical (unpaired) electrons. The van der Waals surface area contributed by atoms with Gasteiger partial charge in [0.15, 0.2) is 0 Å². The SMILES string of the molecule is c1ccc(C2(c3ccccc3)c3ccccc3-c3ccc(N(c4ccc(-c5ccc6c(c5)sc5ccccc56)cc4)c4ccccc4-c4cccc5oc6c7ccccc7ccc6c45)cc32)cc1. The van der Waals surface area contributed by atoms with Crippen molar-refractivity contribution in [2.24, 2.45) is 0 Å². The van der Waals surface area contributed by atoms with Gasteiger partial charge in [-0.25, -0.2) is 0 Å². The molecule has 0 N–H and O–H groups in total. The topological polar surface area (TPSA) is 16.4 Å². The molecule has 0 aliphatic heterocycles. The van der Waals surface area contributed by atoms with Crippen molar-refractivity contribution in [3.05, 3.63) is 271 Å². The molecule has 13 aromatic rings. The molecular weight excluding hydrogens is 843 g/mol. The minimum Gasteiger partial charge on any atom is -0.455 e. The fraction of sp³-hybridized carbons (Fsp3) is 0.0154. The fourth-order valence-electron chi connectivity index (χ4n) is 11.4. The maximum Gasteiger partial charge on any atom is 0.143 e. The van der Waals surface area contributed by atoms with E-state index >= 15 is 0 Å². The summed E-state index contributed by atoms with van der Waals surface area (Å²) in [5.41, 5.74) is 16.7. The Morgan fingerprint density at radius 3 is 1.81 bits per heavy atom. The minimum absolute atomic E-state index is 0.547. The van der Waals surface area contributed by atoms with Crippen LogP contribution in [0.1, 0.15) is 22.3 Å². The Kier molecular flexibility index (Phi) is 8.71. The number of hydrogen-bond donors (Lipinski definition) is 0. The molecule has 2 nitrogen and oxygen atoms in total. The predicted octanol–water partition coefficient (Wildman–Crippen LogP) is 18.3. The van der Waals surface area contributed by atoms with Crippen LogP contribution in [0, 0.1) is 0 Å². The maximum atomic E-state index is 6.77. The Hall–Kier alpha value is -8.50. The molecule has 2 aromatic heterocycles. The lowest BCUT2D eigenvalue weighted by Gasteiger charge is -2.35. The number of furan rings is 1. The molecule has 14 rings (SSSR count). The van der Waals surface area contributed by atoms with Gasteiger partial charge in [0.2, 0.25) is 0 Å². The Morgan fingerprint density at radius 2 is 0.985 bits per heavy atom. The first-order valence-corrected chi connectivity index (χ1v) is 24.1. The average Bonchev–Trinajstić information content (AvgIpc) is 4.08. The number of fused-ring (bicyclic) bond motifs is 11. The second-order valence-corrected chi connectivity index (χ2v) is 19.0. The van der Waals surface area contributed by atoms with Gasteiger partial charge in [-0.15, -0.1) is 11.3 Å². The molecule has 0 bridgehead atoms. The van der Waals surface area contributed by atoms with Gasteiger partial charge in [-0.3, -0.25) is 0 Å². The van der Waals surface area contributed by atoms with Gasteiger partial charge < -0.3 is 9.32 Å². The summed E-state index contributed by atoms with van der Waals surface area (Å²) in [7, 11) is 0. The van der Waals surface area contributed by atoms with Crippen molar-refractivity contribution in [2.45, 2.75) is 5.41 Å². The van der Waals surface area contributed by atoms with Crippen LogP contribution in [0.2, 0.25) is 0 Å². The van der Waals surface area contributed by atoms with Crippen molar-refractivity contribution in [1.82, 2.24) is 0 Å². The predicted molar refractivity (Wildman–Crippen MR) is 287 cm³/mol. The first-order chi connectivity index (χ1) is 33.7. The van der Waals surface area contributed by atoms with Crippen LogP contribution in [-0.2, 0) is 5.41 Å². The Bertz CT molecular complexity index is 4050. The summed E-state index contributed by atoms with van der Waals surface area (Å²) in [4.78, 5) is 2.47. The third-order valence-corrected chi connectivity index (χ3v) is 15.5. The molecule has 0 atom stereocenters. The quantitative estimate of drug-likeness (QED) is 0.159. The number of para-hydroxylation sites is 1. The second-order valence-electron chi connectivity index (χ2n) is 17.9. The van der Waals surface area contributed by atoms with Gasteiger partial charge in [0, 0.05) is 53.3 Å². The van der Waals surface area contributed by atoms with E-state index in [2.05, 4.69) is 254 Å². The summed E-state index contributed by atoms with van der Waals surface area (Å²) >= 11 is 1.86. The average molecular weight is 884 g/mol. The van der Waals surface area contributed by atoms with E-state index in [4.69, 9.17) is 4.42 Å². The summed E-state index contributed by atoms with van der Waals surface area (Å²) in [6.45, 7) is 0. The van der Waals surface area contributed by atoms with Gasteiger partial charge in [0.25, 0.3) is 0 Å². The molecule has 0 amide bonds. The molecule has 1 aliphatic carbocycles. The highest BCUT2D eigenvalue weighted by Crippen LogP contribution is 2.58. The molecule has 0 saturated carbocycles. The van der Waals surface area contributed by atoms with Gasteiger partial charge in [-0.1, -0.05) is 194 Å². The van der Waals surface area contributed by atoms with Crippen LogP contribution in [0.25, 0.3) is 86.3 Å². The van der Waals surface area contributed by atoms with Gasteiger partial charge >= 0.3 is 0 Å². The Balaban J connectivity index is 1.00. The molecule has 0 unspecified atom stereocenters. The molecule has 0 spiro atoms. The number of hydrogen-bond acceptors (Lipinski definition) is 3. The second kappa shape index (κ2) is 15.3. The zero-order valence-corrected chi connectivity index (χ0v) is 37.8. The van der Waals surface area contributed by atoms with Crippen molar-refractivity contribution in [3.8, 4) is 33.4 Å². The van der Waals surface area contributed by atoms with Crippen LogP contribution in [0.5, 0.6) is 0 Å². The summed E-state index contributed by atoms with van der Waals surface area (Å²) in [6, 6.07) is 91.4. The standard InChI is InChI=1S/C65H41NOS/c1-3-17-45(18-4-1)65(46-19-5-2-6-20-46)57-26-12-9-22-50(57)51-39-36-48(41-58(51)65)66(47-34-30-42(31-35-47)44-33-37-54-53-24-11-14-29-61(53)68-62(54)40-44)59-27-13-10-23-52(59)55-25-15-28-60-63(55)56-38-32-43-16-7-8-21-49(43)64(56)67-60/h1-41H. The Morgan fingerprint density at radius 1 is 0.368 bits per heavy atom. The highest BCUT2D eigenvalue weighted by molar-refractivity contribution is 7.25. The van der Waals surface area contributed by atoms with Crippen molar-refractivity contribution in [2.75, 3.05) is 4.90 Å². The van der Waals surface area contributed by atoms with E-state index in [1.54, 1.807) is 0 Å². The molecule has 11 aromatic carbocycles. The molecular formula is C65H41NOS. The van der Waals surface area contributed by atoms with Crippen molar-refractivity contribution in [3.63, 3.8) is 0 Å². The van der Waals surface area contributed by atoms with Crippen LogP contribution in [0.3, 0.4) is 0 Å². The molecule has 318 valence electrons. The van der Waals surface area contributed by atoms with Gasteiger partial charge in [-0.05, 0) is 110 Å². The summed E-state index contributed by atoms with van der Waals surface area (Å²) in [5.74, 6) is 0.